The first-order valence-corrected chi connectivity index (χ1v) is 14.7. The van der Waals surface area contributed by atoms with Crippen molar-refractivity contribution in [1.29, 1.82) is 0 Å². The first-order chi connectivity index (χ1) is 17.2. The molecule has 2 aromatic carbocycles. The minimum Gasteiger partial charge on any atom is -0.395 e. The van der Waals surface area contributed by atoms with Crippen LogP contribution in [0.4, 0.5) is 0 Å². The van der Waals surface area contributed by atoms with Gasteiger partial charge in [0, 0.05) is 31.1 Å². The summed E-state index contributed by atoms with van der Waals surface area (Å²) >= 11 is 0. The summed E-state index contributed by atoms with van der Waals surface area (Å²) in [5.74, 6) is 0.0891. The van der Waals surface area contributed by atoms with Gasteiger partial charge in [-0.3, -0.25) is 9.74 Å². The van der Waals surface area contributed by atoms with Crippen molar-refractivity contribution in [1.82, 2.24) is 14.7 Å². The molecule has 196 valence electrons. The summed E-state index contributed by atoms with van der Waals surface area (Å²) in [6.45, 7) is 9.91. The van der Waals surface area contributed by atoms with Gasteiger partial charge in [-0.05, 0) is 74.9 Å². The topological polar surface area (TPSA) is 82.1 Å². The zero-order valence-corrected chi connectivity index (χ0v) is 22.5. The van der Waals surface area contributed by atoms with Crippen LogP contribution in [-0.2, 0) is 14.9 Å². The number of nitrogens with zero attached hydrogens (tertiary/aromatic N) is 2. The van der Waals surface area contributed by atoms with E-state index in [9.17, 15) is 13.5 Å². The first-order valence-electron chi connectivity index (χ1n) is 13.2. The lowest BCUT2D eigenvalue weighted by Gasteiger charge is -2.57. The van der Waals surface area contributed by atoms with Crippen molar-refractivity contribution in [3.05, 3.63) is 59.2 Å². The minimum absolute atomic E-state index is 0.0125. The Kier molecular flexibility index (Phi) is 7.29. The number of benzene rings is 2. The molecule has 3 aliphatic heterocycles. The van der Waals surface area contributed by atoms with Crippen molar-refractivity contribution in [2.45, 2.75) is 75.9 Å². The van der Waals surface area contributed by atoms with Gasteiger partial charge in [0.15, 0.2) is 0 Å². The van der Waals surface area contributed by atoms with Crippen LogP contribution in [0.3, 0.4) is 0 Å². The van der Waals surface area contributed by atoms with E-state index < -0.39 is 21.4 Å². The van der Waals surface area contributed by atoms with Gasteiger partial charge in [0.2, 0.25) is 10.0 Å². The Morgan fingerprint density at radius 1 is 1.06 bits per heavy atom. The van der Waals surface area contributed by atoms with Crippen LogP contribution in [-0.4, -0.2) is 78.5 Å². The fourth-order valence-corrected chi connectivity index (χ4v) is 8.72. The highest BCUT2D eigenvalue weighted by atomic mass is 32.2. The summed E-state index contributed by atoms with van der Waals surface area (Å²) in [6, 6.07) is 14.8. The molecule has 0 saturated carbocycles. The van der Waals surface area contributed by atoms with E-state index in [-0.39, 0.29) is 30.7 Å². The SMILES string of the molecule is Cc1cccc(-c2ccc([C@@H]3C(CO)N4CCCCN(S(=O)(=O)C5C(C)NOC5C)C[C@@H]34)cc2)c1C. The number of aryl methyl sites for hydroxylation is 1. The van der Waals surface area contributed by atoms with Crippen LogP contribution in [0.1, 0.15) is 49.3 Å². The maximum absolute atomic E-state index is 13.7. The third kappa shape index (κ3) is 4.42. The molecule has 4 unspecified atom stereocenters. The third-order valence-electron chi connectivity index (χ3n) is 8.64. The van der Waals surface area contributed by atoms with Crippen LogP contribution in [0.25, 0.3) is 11.1 Å². The lowest BCUT2D eigenvalue weighted by Crippen LogP contribution is -2.68. The Hall–Kier alpha value is -1.81. The smallest absolute Gasteiger partial charge is 0.221 e. The average Bonchev–Trinajstić information content (AvgIpc) is 3.18. The van der Waals surface area contributed by atoms with Gasteiger partial charge in [-0.15, -0.1) is 0 Å². The molecule has 0 bridgehead atoms. The summed E-state index contributed by atoms with van der Waals surface area (Å²) in [5.41, 5.74) is 8.98. The Balaban J connectivity index is 1.42. The maximum Gasteiger partial charge on any atom is 0.221 e. The van der Waals surface area contributed by atoms with Crippen LogP contribution < -0.4 is 5.48 Å². The van der Waals surface area contributed by atoms with Gasteiger partial charge in [0.25, 0.3) is 0 Å². The molecule has 3 saturated heterocycles. The van der Waals surface area contributed by atoms with Gasteiger partial charge in [0.1, 0.15) is 5.25 Å². The lowest BCUT2D eigenvalue weighted by molar-refractivity contribution is -0.0555. The van der Waals surface area contributed by atoms with Gasteiger partial charge in [-0.25, -0.2) is 8.42 Å². The van der Waals surface area contributed by atoms with E-state index in [1.54, 1.807) is 4.31 Å². The number of hydrogen-bond donors (Lipinski definition) is 2. The third-order valence-corrected chi connectivity index (χ3v) is 11.2. The second-order valence-corrected chi connectivity index (χ2v) is 12.8. The Labute approximate surface area is 215 Å². The normalized spacial score (nSPS) is 31.9. The summed E-state index contributed by atoms with van der Waals surface area (Å²) in [7, 11) is -3.55. The van der Waals surface area contributed by atoms with Crippen molar-refractivity contribution in [2.75, 3.05) is 26.2 Å². The molecule has 5 rings (SSSR count). The molecule has 3 fully saturated rings. The average molecular weight is 514 g/mol. The molecule has 3 aliphatic rings. The van der Waals surface area contributed by atoms with E-state index in [0.29, 0.717) is 13.1 Å². The van der Waals surface area contributed by atoms with Crippen molar-refractivity contribution in [3.63, 3.8) is 0 Å². The quantitative estimate of drug-likeness (QED) is 0.639. The molecule has 7 nitrogen and oxygen atoms in total. The number of aliphatic hydroxyl groups is 1. The molecule has 0 aliphatic carbocycles. The largest absolute Gasteiger partial charge is 0.395 e. The van der Waals surface area contributed by atoms with Gasteiger partial charge in [-0.1, -0.05) is 42.5 Å². The molecule has 0 radical (unpaired) electrons. The molecule has 0 aromatic heterocycles. The predicted molar refractivity (Wildman–Crippen MR) is 142 cm³/mol. The van der Waals surface area contributed by atoms with Gasteiger partial charge >= 0.3 is 0 Å². The highest BCUT2D eigenvalue weighted by Gasteiger charge is 2.52. The van der Waals surface area contributed by atoms with Crippen LogP contribution in [0, 0.1) is 13.8 Å². The first kappa shape index (κ1) is 25.8. The highest BCUT2D eigenvalue weighted by molar-refractivity contribution is 7.89. The van der Waals surface area contributed by atoms with Crippen LogP contribution in [0.2, 0.25) is 0 Å². The monoisotopic (exact) mass is 513 g/mol. The molecule has 3 heterocycles. The number of fused-ring (bicyclic) bond motifs is 1. The second kappa shape index (κ2) is 10.2. The molecule has 6 atom stereocenters. The number of aliphatic hydroxyl groups excluding tert-OH is 1. The zero-order chi connectivity index (χ0) is 25.6. The number of hydrogen-bond acceptors (Lipinski definition) is 6. The van der Waals surface area contributed by atoms with Crippen molar-refractivity contribution >= 4 is 10.0 Å². The van der Waals surface area contributed by atoms with Crippen molar-refractivity contribution in [2.24, 2.45) is 0 Å². The Morgan fingerprint density at radius 2 is 1.78 bits per heavy atom. The standard InChI is InChI=1S/C28H39N3O4S/c1-18-8-7-9-24(19(18)2)22-10-12-23(13-11-22)27-25-16-30(14-5-6-15-31(25)26(27)17-32)36(33,34)28-20(3)29-35-21(28)4/h7-13,20-21,25-29,32H,5-6,14-17H2,1-4H3/t20?,21?,25-,26?,27-,28?/m0/s1. The van der Waals surface area contributed by atoms with E-state index in [2.05, 4.69) is 66.7 Å². The van der Waals surface area contributed by atoms with E-state index in [4.69, 9.17) is 4.84 Å². The van der Waals surface area contributed by atoms with E-state index in [1.807, 2.05) is 13.8 Å². The summed E-state index contributed by atoms with van der Waals surface area (Å²) in [6.07, 6.45) is 1.34. The molecule has 36 heavy (non-hydrogen) atoms. The minimum atomic E-state index is -3.55. The number of nitrogens with one attached hydrogen (secondary N) is 1. The molecular formula is C28H39N3O4S. The van der Waals surface area contributed by atoms with Crippen molar-refractivity contribution in [3.8, 4) is 11.1 Å². The number of hydroxylamine groups is 1. The van der Waals surface area contributed by atoms with Crippen LogP contribution in [0.15, 0.2) is 42.5 Å². The van der Waals surface area contributed by atoms with E-state index in [0.717, 1.165) is 24.9 Å². The Bertz CT molecular complexity index is 1180. The zero-order valence-electron chi connectivity index (χ0n) is 21.7. The fourth-order valence-electron chi connectivity index (χ4n) is 6.52. The summed E-state index contributed by atoms with van der Waals surface area (Å²) in [4.78, 5) is 7.78. The molecular weight excluding hydrogens is 474 g/mol. The molecule has 0 spiro atoms. The van der Waals surface area contributed by atoms with Gasteiger partial charge in [-0.2, -0.15) is 9.79 Å². The fraction of sp³-hybridized carbons (Fsp3) is 0.571. The number of rotatable bonds is 5. The predicted octanol–water partition coefficient (Wildman–Crippen LogP) is 3.21. The summed E-state index contributed by atoms with van der Waals surface area (Å²) in [5, 5.41) is 9.69. The molecule has 0 amide bonds. The Morgan fingerprint density at radius 3 is 2.44 bits per heavy atom. The highest BCUT2D eigenvalue weighted by Crippen LogP contribution is 2.43. The van der Waals surface area contributed by atoms with Crippen LogP contribution >= 0.6 is 0 Å². The van der Waals surface area contributed by atoms with Gasteiger partial charge < -0.3 is 5.11 Å². The maximum atomic E-state index is 13.7. The number of sulfonamides is 1. The molecule has 2 N–H and O–H groups in total. The lowest BCUT2D eigenvalue weighted by atomic mass is 9.74. The van der Waals surface area contributed by atoms with Crippen molar-refractivity contribution < 1.29 is 18.4 Å². The summed E-state index contributed by atoms with van der Waals surface area (Å²) < 4.78 is 29.2. The van der Waals surface area contributed by atoms with Gasteiger partial charge in [0.05, 0.1) is 18.8 Å². The molecule has 8 heteroatoms. The van der Waals surface area contributed by atoms with E-state index in [1.165, 1.54) is 22.3 Å². The second-order valence-electron chi connectivity index (χ2n) is 10.8. The molecule has 2 aromatic rings. The van der Waals surface area contributed by atoms with E-state index >= 15 is 0 Å². The van der Waals surface area contributed by atoms with Crippen LogP contribution in [0.5, 0.6) is 0 Å².